The van der Waals surface area contributed by atoms with Crippen molar-refractivity contribution in [3.8, 4) is 22.9 Å². The summed E-state index contributed by atoms with van der Waals surface area (Å²) in [5, 5.41) is 12.2. The predicted molar refractivity (Wildman–Crippen MR) is 170 cm³/mol. The average Bonchev–Trinajstić information content (AvgIpc) is 2.97. The quantitative estimate of drug-likeness (QED) is 0.138. The molecule has 0 fully saturated rings. The van der Waals surface area contributed by atoms with E-state index < -0.39 is 12.1 Å². The summed E-state index contributed by atoms with van der Waals surface area (Å²) < 4.78 is 6.06. The van der Waals surface area contributed by atoms with Gasteiger partial charge < -0.3 is 15.4 Å². The lowest BCUT2D eigenvalue weighted by Gasteiger charge is -2.14. The van der Waals surface area contributed by atoms with Crippen LogP contribution >= 0.6 is 46.4 Å². The molecule has 0 unspecified atom stereocenters. The van der Waals surface area contributed by atoms with Crippen molar-refractivity contribution >= 4 is 81.7 Å². The SMILES string of the molecule is O=C(Nc1ccc(Cl)cc1)Nc1nc(NC(=O)Nc2ccc(Cl)cc2)nc(-c2ccccc2Oc2ccc(Cl)cc2Cl)n1. The minimum absolute atomic E-state index is 0.0827. The summed E-state index contributed by atoms with van der Waals surface area (Å²) in [6.45, 7) is 0. The number of hydrogen-bond acceptors (Lipinski definition) is 6. The normalized spacial score (nSPS) is 10.5. The number of ether oxygens (including phenoxy) is 1. The third kappa shape index (κ3) is 8.24. The number of urea groups is 2. The molecular weight excluding hydrogens is 636 g/mol. The Bertz CT molecular complexity index is 1710. The number of carbonyl (C=O) groups excluding carboxylic acids is 2. The summed E-state index contributed by atoms with van der Waals surface area (Å²) in [4.78, 5) is 38.6. The highest BCUT2D eigenvalue weighted by atomic mass is 35.5. The van der Waals surface area contributed by atoms with Crippen LogP contribution < -0.4 is 26.0 Å². The average molecular weight is 655 g/mol. The van der Waals surface area contributed by atoms with Crippen LogP contribution in [0.15, 0.2) is 91.0 Å². The molecule has 0 saturated heterocycles. The van der Waals surface area contributed by atoms with E-state index in [2.05, 4.69) is 36.2 Å². The third-order valence-electron chi connectivity index (χ3n) is 5.53. The highest BCUT2D eigenvalue weighted by molar-refractivity contribution is 6.35. The van der Waals surface area contributed by atoms with Crippen LogP contribution in [0.1, 0.15) is 0 Å². The first-order valence-corrected chi connectivity index (χ1v) is 13.9. The van der Waals surface area contributed by atoms with Gasteiger partial charge in [0.05, 0.1) is 10.6 Å². The van der Waals surface area contributed by atoms with Crippen LogP contribution in [-0.4, -0.2) is 27.0 Å². The summed E-state index contributed by atoms with van der Waals surface area (Å²) in [6.07, 6.45) is 0. The molecule has 4 N–H and O–H groups in total. The lowest BCUT2D eigenvalue weighted by atomic mass is 10.2. The lowest BCUT2D eigenvalue weighted by molar-refractivity contribution is 0.261. The molecule has 5 rings (SSSR count). The van der Waals surface area contributed by atoms with Gasteiger partial charge in [0.25, 0.3) is 0 Å². The van der Waals surface area contributed by atoms with E-state index in [1.165, 1.54) is 0 Å². The zero-order valence-electron chi connectivity index (χ0n) is 21.7. The fourth-order valence-electron chi connectivity index (χ4n) is 3.62. The molecule has 0 atom stereocenters. The van der Waals surface area contributed by atoms with Crippen molar-refractivity contribution in [2.45, 2.75) is 0 Å². The van der Waals surface area contributed by atoms with Crippen LogP contribution in [0, 0.1) is 0 Å². The van der Waals surface area contributed by atoms with Gasteiger partial charge in [-0.1, -0.05) is 58.5 Å². The molecule has 0 aliphatic carbocycles. The number of halogens is 4. The second-order valence-electron chi connectivity index (χ2n) is 8.65. The van der Waals surface area contributed by atoms with Gasteiger partial charge >= 0.3 is 12.1 Å². The summed E-state index contributed by atoms with van der Waals surface area (Å²) in [5.74, 6) is 0.453. The summed E-state index contributed by atoms with van der Waals surface area (Å²) in [6, 6.07) is 23.4. The number of carbonyl (C=O) groups is 2. The molecule has 0 aliphatic heterocycles. The van der Waals surface area contributed by atoms with Gasteiger partial charge in [-0.3, -0.25) is 10.6 Å². The first kappa shape index (κ1) is 29.9. The number of anilines is 4. The summed E-state index contributed by atoms with van der Waals surface area (Å²) in [7, 11) is 0. The molecule has 5 aromatic rings. The van der Waals surface area contributed by atoms with Gasteiger partial charge in [-0.2, -0.15) is 15.0 Å². The van der Waals surface area contributed by atoms with Crippen molar-refractivity contribution in [2.24, 2.45) is 0 Å². The number of aromatic nitrogens is 3. The highest BCUT2D eigenvalue weighted by Crippen LogP contribution is 2.36. The highest BCUT2D eigenvalue weighted by Gasteiger charge is 2.17. The zero-order valence-corrected chi connectivity index (χ0v) is 24.8. The summed E-state index contributed by atoms with van der Waals surface area (Å²) >= 11 is 24.2. The van der Waals surface area contributed by atoms with Crippen LogP contribution in [0.4, 0.5) is 32.9 Å². The van der Waals surface area contributed by atoms with E-state index in [-0.39, 0.29) is 17.7 Å². The molecule has 0 aliphatic rings. The van der Waals surface area contributed by atoms with E-state index in [9.17, 15) is 9.59 Å². The molecule has 216 valence electrons. The van der Waals surface area contributed by atoms with E-state index >= 15 is 0 Å². The predicted octanol–water partition coefficient (Wildman–Crippen LogP) is 9.23. The Kier molecular flexibility index (Phi) is 9.43. The monoisotopic (exact) mass is 653 g/mol. The molecule has 0 spiro atoms. The Hall–Kier alpha value is -4.61. The molecule has 4 amide bonds. The fraction of sp³-hybridized carbons (Fsp3) is 0. The first-order valence-electron chi connectivity index (χ1n) is 12.4. The van der Waals surface area contributed by atoms with Gasteiger partial charge in [-0.05, 0) is 78.9 Å². The maximum Gasteiger partial charge on any atom is 0.326 e. The minimum atomic E-state index is -0.645. The van der Waals surface area contributed by atoms with Gasteiger partial charge in [0.2, 0.25) is 11.9 Å². The number of hydrogen-bond donors (Lipinski definition) is 4. The number of nitrogens with zero attached hydrogens (tertiary/aromatic N) is 3. The van der Waals surface area contributed by atoms with Crippen LogP contribution in [-0.2, 0) is 0 Å². The molecule has 0 saturated carbocycles. The molecular formula is C29H19Cl4N7O3. The number of rotatable bonds is 7. The second kappa shape index (κ2) is 13.6. The van der Waals surface area contributed by atoms with E-state index in [0.29, 0.717) is 48.5 Å². The second-order valence-corrected chi connectivity index (χ2v) is 10.4. The van der Waals surface area contributed by atoms with Crippen molar-refractivity contribution in [3.05, 3.63) is 111 Å². The summed E-state index contributed by atoms with van der Waals surface area (Å²) in [5.41, 5.74) is 1.38. The number of para-hydroxylation sites is 1. The number of nitrogens with one attached hydrogen (secondary N) is 4. The van der Waals surface area contributed by atoms with Crippen molar-refractivity contribution < 1.29 is 14.3 Å². The van der Waals surface area contributed by atoms with E-state index in [0.717, 1.165) is 0 Å². The Morgan fingerprint density at radius 1 is 0.558 bits per heavy atom. The van der Waals surface area contributed by atoms with Crippen molar-refractivity contribution in [2.75, 3.05) is 21.3 Å². The van der Waals surface area contributed by atoms with Gasteiger partial charge in [0.15, 0.2) is 5.82 Å². The molecule has 0 bridgehead atoms. The van der Waals surface area contributed by atoms with Gasteiger partial charge in [-0.25, -0.2) is 9.59 Å². The van der Waals surface area contributed by atoms with Crippen molar-refractivity contribution in [1.82, 2.24) is 15.0 Å². The fourth-order valence-corrected chi connectivity index (χ4v) is 4.32. The minimum Gasteiger partial charge on any atom is -0.455 e. The van der Waals surface area contributed by atoms with Crippen molar-refractivity contribution in [1.29, 1.82) is 0 Å². The maximum atomic E-state index is 12.8. The first-order chi connectivity index (χ1) is 20.7. The van der Waals surface area contributed by atoms with Crippen LogP contribution in [0.3, 0.4) is 0 Å². The maximum absolute atomic E-state index is 12.8. The van der Waals surface area contributed by atoms with E-state index in [1.54, 1.807) is 91.0 Å². The number of amides is 4. The Morgan fingerprint density at radius 3 is 1.60 bits per heavy atom. The van der Waals surface area contributed by atoms with Gasteiger partial charge in [0, 0.05) is 26.4 Å². The van der Waals surface area contributed by atoms with Crippen LogP contribution in [0.5, 0.6) is 11.5 Å². The molecule has 10 nitrogen and oxygen atoms in total. The van der Waals surface area contributed by atoms with Gasteiger partial charge in [-0.15, -0.1) is 0 Å². The van der Waals surface area contributed by atoms with Crippen LogP contribution in [0.2, 0.25) is 20.1 Å². The number of benzene rings is 4. The standard InChI is InChI=1S/C29H19Cl4N7O3/c30-16-5-10-19(11-6-16)34-28(41)39-26-36-25(37-27(38-26)40-29(42)35-20-12-7-17(31)8-13-20)21-3-1-2-4-23(21)43-24-14-9-18(32)15-22(24)33/h1-15H,(H4,34,35,36,37,38,39,40,41,42). The van der Waals surface area contributed by atoms with E-state index in [1.807, 2.05) is 0 Å². The van der Waals surface area contributed by atoms with Crippen molar-refractivity contribution in [3.63, 3.8) is 0 Å². The molecule has 1 aromatic heterocycles. The Morgan fingerprint density at radius 2 is 1.07 bits per heavy atom. The lowest BCUT2D eigenvalue weighted by Crippen LogP contribution is -2.24. The largest absolute Gasteiger partial charge is 0.455 e. The third-order valence-corrected chi connectivity index (χ3v) is 6.57. The Balaban J connectivity index is 1.45. The van der Waals surface area contributed by atoms with Crippen LogP contribution in [0.25, 0.3) is 11.4 Å². The van der Waals surface area contributed by atoms with Gasteiger partial charge in [0.1, 0.15) is 11.5 Å². The smallest absolute Gasteiger partial charge is 0.326 e. The van der Waals surface area contributed by atoms with E-state index in [4.69, 9.17) is 51.1 Å². The molecule has 43 heavy (non-hydrogen) atoms. The topological polar surface area (TPSA) is 130 Å². The molecule has 0 radical (unpaired) electrons. The molecule has 4 aromatic carbocycles. The Labute approximate surface area is 265 Å². The molecule has 1 heterocycles. The molecule has 14 heteroatoms. The zero-order chi connectivity index (χ0) is 30.3.